The van der Waals surface area contributed by atoms with E-state index < -0.39 is 21.4 Å². The Hall–Kier alpha value is -0.940. The van der Waals surface area contributed by atoms with Crippen LogP contribution in [-0.4, -0.2) is 14.0 Å². The van der Waals surface area contributed by atoms with E-state index in [4.69, 9.17) is 0 Å². The number of sulfonamides is 1. The molecule has 1 N–H and O–H groups in total. The van der Waals surface area contributed by atoms with Gasteiger partial charge < -0.3 is 0 Å². The predicted molar refractivity (Wildman–Crippen MR) is 63.5 cm³/mol. The zero-order valence-corrected chi connectivity index (χ0v) is 10.7. The lowest BCUT2D eigenvalue weighted by atomic mass is 10.0. The molecule has 2 rings (SSSR count). The summed E-state index contributed by atoms with van der Waals surface area (Å²) in [6.45, 7) is 3.76. The topological polar surface area (TPSA) is 46.2 Å². The molecule has 0 aliphatic heterocycles. The van der Waals surface area contributed by atoms with Crippen molar-refractivity contribution >= 4 is 10.0 Å². The minimum absolute atomic E-state index is 0.104. The van der Waals surface area contributed by atoms with Crippen LogP contribution in [0.15, 0.2) is 29.2 Å². The molecule has 1 aromatic rings. The Kier molecular flexibility index (Phi) is 2.99. The fourth-order valence-electron chi connectivity index (χ4n) is 1.91. The highest BCUT2D eigenvalue weighted by Gasteiger charge is 2.40. The van der Waals surface area contributed by atoms with Crippen molar-refractivity contribution in [2.75, 3.05) is 0 Å². The number of halogens is 1. The zero-order chi connectivity index (χ0) is 12.7. The highest BCUT2D eigenvalue weighted by molar-refractivity contribution is 7.89. The molecule has 1 aromatic carbocycles. The number of benzene rings is 1. The van der Waals surface area contributed by atoms with Crippen molar-refractivity contribution in [2.45, 2.75) is 37.1 Å². The van der Waals surface area contributed by atoms with Gasteiger partial charge in [-0.05, 0) is 56.9 Å². The molecule has 0 amide bonds. The quantitative estimate of drug-likeness (QED) is 0.899. The predicted octanol–water partition coefficient (Wildman–Crippen LogP) is 2.29. The molecular formula is C12H16FNO2S. The largest absolute Gasteiger partial charge is 0.241 e. The lowest BCUT2D eigenvalue weighted by Gasteiger charge is -2.25. The first-order valence-electron chi connectivity index (χ1n) is 5.61. The van der Waals surface area contributed by atoms with Crippen LogP contribution in [0.5, 0.6) is 0 Å². The monoisotopic (exact) mass is 257 g/mol. The lowest BCUT2D eigenvalue weighted by molar-refractivity contribution is 0.400. The van der Waals surface area contributed by atoms with E-state index in [1.165, 1.54) is 12.1 Å². The van der Waals surface area contributed by atoms with Crippen LogP contribution < -0.4 is 4.72 Å². The van der Waals surface area contributed by atoms with Crippen LogP contribution in [-0.2, 0) is 10.0 Å². The van der Waals surface area contributed by atoms with E-state index in [0.29, 0.717) is 5.92 Å². The SMILES string of the molecule is CC(C)(NS(=O)(=O)c1ccc(F)cc1)C1CC1. The zero-order valence-electron chi connectivity index (χ0n) is 9.90. The van der Waals surface area contributed by atoms with Gasteiger partial charge in [-0.15, -0.1) is 0 Å². The van der Waals surface area contributed by atoms with Gasteiger partial charge in [0.25, 0.3) is 0 Å². The number of hydrogen-bond donors (Lipinski definition) is 1. The maximum Gasteiger partial charge on any atom is 0.241 e. The minimum Gasteiger partial charge on any atom is -0.207 e. The van der Waals surface area contributed by atoms with Crippen LogP contribution in [0.3, 0.4) is 0 Å². The molecule has 0 saturated heterocycles. The molecule has 17 heavy (non-hydrogen) atoms. The van der Waals surface area contributed by atoms with Crippen molar-refractivity contribution in [1.82, 2.24) is 4.72 Å². The van der Waals surface area contributed by atoms with Gasteiger partial charge in [0, 0.05) is 5.54 Å². The summed E-state index contributed by atoms with van der Waals surface area (Å²) in [4.78, 5) is 0.104. The summed E-state index contributed by atoms with van der Waals surface area (Å²) in [5.74, 6) is -0.0388. The second-order valence-electron chi connectivity index (χ2n) is 5.06. The molecule has 3 nitrogen and oxygen atoms in total. The standard InChI is InChI=1S/C12H16FNO2S/c1-12(2,9-3-4-9)14-17(15,16)11-7-5-10(13)6-8-11/h5-9,14H,3-4H2,1-2H3. The third-order valence-corrected chi connectivity index (χ3v) is 4.81. The van der Waals surface area contributed by atoms with Crippen molar-refractivity contribution in [1.29, 1.82) is 0 Å². The molecule has 1 fully saturated rings. The molecule has 5 heteroatoms. The summed E-state index contributed by atoms with van der Waals surface area (Å²) in [6, 6.07) is 4.86. The molecule has 0 unspecified atom stereocenters. The molecule has 1 saturated carbocycles. The summed E-state index contributed by atoms with van der Waals surface area (Å²) in [7, 11) is -3.56. The van der Waals surface area contributed by atoms with E-state index in [1.807, 2.05) is 13.8 Å². The van der Waals surface area contributed by atoms with Crippen LogP contribution in [0.25, 0.3) is 0 Å². The van der Waals surface area contributed by atoms with Crippen molar-refractivity contribution in [3.63, 3.8) is 0 Å². The second-order valence-corrected chi connectivity index (χ2v) is 6.74. The highest BCUT2D eigenvalue weighted by atomic mass is 32.2. The highest BCUT2D eigenvalue weighted by Crippen LogP contribution is 2.39. The number of rotatable bonds is 4. The van der Waals surface area contributed by atoms with Crippen LogP contribution in [0.4, 0.5) is 4.39 Å². The number of nitrogens with one attached hydrogen (secondary N) is 1. The average Bonchev–Trinajstić information content (AvgIpc) is 2.99. The van der Waals surface area contributed by atoms with Gasteiger partial charge in [-0.1, -0.05) is 0 Å². The Labute approximate surface area is 101 Å². The van der Waals surface area contributed by atoms with E-state index >= 15 is 0 Å². The van der Waals surface area contributed by atoms with Crippen LogP contribution in [0, 0.1) is 11.7 Å². The Bertz CT molecular complexity index is 504. The van der Waals surface area contributed by atoms with Gasteiger partial charge in [0.15, 0.2) is 0 Å². The van der Waals surface area contributed by atoms with Crippen LogP contribution in [0.1, 0.15) is 26.7 Å². The summed E-state index contributed by atoms with van der Waals surface area (Å²) in [5, 5.41) is 0. The van der Waals surface area contributed by atoms with Gasteiger partial charge >= 0.3 is 0 Å². The molecule has 0 heterocycles. The van der Waals surface area contributed by atoms with Crippen molar-refractivity contribution in [3.05, 3.63) is 30.1 Å². The van der Waals surface area contributed by atoms with E-state index in [1.54, 1.807) is 0 Å². The molecule has 1 aliphatic carbocycles. The normalized spacial score (nSPS) is 17.1. The fraction of sp³-hybridized carbons (Fsp3) is 0.500. The maximum atomic E-state index is 12.7. The molecule has 0 bridgehead atoms. The first-order chi connectivity index (χ1) is 7.81. The van der Waals surface area contributed by atoms with Crippen molar-refractivity contribution in [3.8, 4) is 0 Å². The van der Waals surface area contributed by atoms with Gasteiger partial charge in [-0.25, -0.2) is 17.5 Å². The molecule has 1 aliphatic rings. The molecule has 0 radical (unpaired) electrons. The molecule has 0 spiro atoms. The minimum atomic E-state index is -3.56. The molecule has 0 aromatic heterocycles. The van der Waals surface area contributed by atoms with E-state index in [-0.39, 0.29) is 4.90 Å². The third-order valence-electron chi connectivity index (χ3n) is 3.12. The third kappa shape index (κ3) is 2.84. The Balaban J connectivity index is 2.21. The van der Waals surface area contributed by atoms with Gasteiger partial charge in [0.05, 0.1) is 4.90 Å². The van der Waals surface area contributed by atoms with Crippen molar-refractivity contribution < 1.29 is 12.8 Å². The van der Waals surface area contributed by atoms with Gasteiger partial charge in [0.2, 0.25) is 10.0 Å². The summed E-state index contributed by atoms with van der Waals surface area (Å²) < 4.78 is 39.5. The molecule has 94 valence electrons. The summed E-state index contributed by atoms with van der Waals surface area (Å²) in [6.07, 6.45) is 2.11. The summed E-state index contributed by atoms with van der Waals surface area (Å²) in [5.41, 5.74) is -0.437. The average molecular weight is 257 g/mol. The van der Waals surface area contributed by atoms with Crippen LogP contribution >= 0.6 is 0 Å². The lowest BCUT2D eigenvalue weighted by Crippen LogP contribution is -2.45. The van der Waals surface area contributed by atoms with Crippen molar-refractivity contribution in [2.24, 2.45) is 5.92 Å². The smallest absolute Gasteiger partial charge is 0.207 e. The first kappa shape index (κ1) is 12.5. The Morgan fingerprint density at radius 3 is 2.24 bits per heavy atom. The van der Waals surface area contributed by atoms with Gasteiger partial charge in [-0.2, -0.15) is 0 Å². The van der Waals surface area contributed by atoms with Gasteiger partial charge in [-0.3, -0.25) is 0 Å². The molecule has 0 atom stereocenters. The fourth-order valence-corrected chi connectivity index (χ4v) is 3.38. The maximum absolute atomic E-state index is 12.7. The van der Waals surface area contributed by atoms with E-state index in [9.17, 15) is 12.8 Å². The Morgan fingerprint density at radius 2 is 1.76 bits per heavy atom. The number of hydrogen-bond acceptors (Lipinski definition) is 2. The van der Waals surface area contributed by atoms with E-state index in [0.717, 1.165) is 25.0 Å². The molecular weight excluding hydrogens is 241 g/mol. The second kappa shape index (κ2) is 4.07. The first-order valence-corrected chi connectivity index (χ1v) is 7.09. The van der Waals surface area contributed by atoms with Gasteiger partial charge in [0.1, 0.15) is 5.82 Å². The van der Waals surface area contributed by atoms with Crippen LogP contribution in [0.2, 0.25) is 0 Å². The Morgan fingerprint density at radius 1 is 1.24 bits per heavy atom. The summed E-state index contributed by atoms with van der Waals surface area (Å²) >= 11 is 0. The van der Waals surface area contributed by atoms with E-state index in [2.05, 4.69) is 4.72 Å².